The second kappa shape index (κ2) is 4.32. The minimum absolute atomic E-state index is 0.200. The Hall–Kier alpha value is -1.48. The van der Waals surface area contributed by atoms with Crippen molar-refractivity contribution in [1.82, 2.24) is 4.90 Å². The van der Waals surface area contributed by atoms with Gasteiger partial charge in [0.15, 0.2) is 0 Å². The van der Waals surface area contributed by atoms with Crippen molar-refractivity contribution in [1.29, 1.82) is 0 Å². The number of aryl methyl sites for hydroxylation is 1. The van der Waals surface area contributed by atoms with Gasteiger partial charge in [0.25, 0.3) is 0 Å². The van der Waals surface area contributed by atoms with Crippen molar-refractivity contribution in [3.63, 3.8) is 0 Å². The molecule has 1 aromatic rings. The number of anilines is 1. The van der Waals surface area contributed by atoms with Crippen LogP contribution in [0.1, 0.15) is 30.0 Å². The zero-order chi connectivity index (χ0) is 15.9. The number of piperidine rings is 1. The van der Waals surface area contributed by atoms with Crippen molar-refractivity contribution in [2.45, 2.75) is 44.2 Å². The highest BCUT2D eigenvalue weighted by Gasteiger charge is 2.63. The first-order valence-electron chi connectivity index (χ1n) is 8.98. The predicted octanol–water partition coefficient (Wildman–Crippen LogP) is 3.12. The molecule has 2 aliphatic carbocycles. The quantitative estimate of drug-likeness (QED) is 0.807. The summed E-state index contributed by atoms with van der Waals surface area (Å²) in [6, 6.07) is 2.89. The van der Waals surface area contributed by atoms with Crippen LogP contribution in [0.2, 0.25) is 0 Å². The van der Waals surface area contributed by atoms with E-state index in [1.54, 1.807) is 5.56 Å². The number of hydrogen-bond acceptors (Lipinski definition) is 3. The molecule has 23 heavy (non-hydrogen) atoms. The lowest BCUT2D eigenvalue weighted by Gasteiger charge is -2.57. The summed E-state index contributed by atoms with van der Waals surface area (Å²) in [5, 5.41) is 3.46. The van der Waals surface area contributed by atoms with Crippen LogP contribution in [0.15, 0.2) is 18.2 Å². The van der Waals surface area contributed by atoms with Crippen LogP contribution >= 0.6 is 0 Å². The molecule has 2 aliphatic heterocycles. The molecule has 0 aromatic heterocycles. The normalized spacial score (nSPS) is 39.8. The topological polar surface area (TPSA) is 24.5 Å². The van der Waals surface area contributed by atoms with Crippen molar-refractivity contribution >= 4 is 5.69 Å². The molecule has 0 saturated carbocycles. The Morgan fingerprint density at radius 3 is 2.96 bits per heavy atom. The Morgan fingerprint density at radius 2 is 2.17 bits per heavy atom. The molecule has 1 spiro atoms. The molecule has 5 atom stereocenters. The molecule has 1 fully saturated rings. The number of rotatable bonds is 1. The minimum atomic E-state index is 0.200. The van der Waals surface area contributed by atoms with E-state index in [9.17, 15) is 0 Å². The zero-order valence-electron chi connectivity index (χ0n) is 14.5. The Bertz CT molecular complexity index is 725. The lowest BCUT2D eigenvalue weighted by molar-refractivity contribution is -0.0141. The fourth-order valence-electron chi connectivity index (χ4n) is 5.99. The molecule has 3 nitrogen and oxygen atoms in total. The predicted molar refractivity (Wildman–Crippen MR) is 93.4 cm³/mol. The molecule has 0 radical (unpaired) electrons. The largest absolute Gasteiger partial charge is 0.488 e. The number of nitrogens with zero attached hydrogens (tertiary/aromatic N) is 1. The summed E-state index contributed by atoms with van der Waals surface area (Å²) in [6.07, 6.45) is 7.59. The number of ether oxygens (including phenoxy) is 1. The maximum Gasteiger partial charge on any atom is 0.127 e. The summed E-state index contributed by atoms with van der Waals surface area (Å²) in [6.45, 7) is 5.72. The van der Waals surface area contributed by atoms with Crippen LogP contribution in [0.4, 0.5) is 5.69 Å². The third-order valence-corrected chi connectivity index (χ3v) is 7.03. The fourth-order valence-corrected chi connectivity index (χ4v) is 5.99. The Balaban J connectivity index is 1.85. The van der Waals surface area contributed by atoms with E-state index in [1.165, 1.54) is 35.5 Å². The van der Waals surface area contributed by atoms with E-state index in [2.05, 4.69) is 56.4 Å². The van der Waals surface area contributed by atoms with Gasteiger partial charge in [-0.05, 0) is 50.6 Å². The first-order valence-corrected chi connectivity index (χ1v) is 8.98. The first-order chi connectivity index (χ1) is 11.1. The van der Waals surface area contributed by atoms with Crippen LogP contribution in [0, 0.1) is 18.8 Å². The Labute approximate surface area is 138 Å². The third-order valence-electron chi connectivity index (χ3n) is 7.03. The van der Waals surface area contributed by atoms with E-state index >= 15 is 0 Å². The Kier molecular flexibility index (Phi) is 2.62. The van der Waals surface area contributed by atoms with Gasteiger partial charge in [0, 0.05) is 41.6 Å². The average Bonchev–Trinajstić information content (AvgIpc) is 2.89. The molecule has 2 bridgehead atoms. The van der Waals surface area contributed by atoms with Gasteiger partial charge in [0.05, 0.1) is 0 Å². The first kappa shape index (κ1) is 13.9. The SMILES string of the molecule is CNc1cc(C)c2c3c1CC1C4C=C[C@H](C)C(O2)C34CCN1C. The average molecular weight is 310 g/mol. The van der Waals surface area contributed by atoms with Crippen LogP contribution in [-0.4, -0.2) is 37.7 Å². The lowest BCUT2D eigenvalue weighted by Crippen LogP contribution is -2.63. The van der Waals surface area contributed by atoms with E-state index < -0.39 is 0 Å². The molecule has 5 rings (SSSR count). The lowest BCUT2D eigenvalue weighted by atomic mass is 9.52. The van der Waals surface area contributed by atoms with Gasteiger partial charge in [-0.3, -0.25) is 0 Å². The number of hydrogen-bond donors (Lipinski definition) is 1. The second-order valence-corrected chi connectivity index (χ2v) is 8.02. The summed E-state index contributed by atoms with van der Waals surface area (Å²) in [5.74, 6) is 2.29. The van der Waals surface area contributed by atoms with Gasteiger partial charge in [-0.25, -0.2) is 0 Å². The van der Waals surface area contributed by atoms with Crippen LogP contribution in [0.5, 0.6) is 5.75 Å². The maximum atomic E-state index is 6.66. The van der Waals surface area contributed by atoms with E-state index in [0.29, 0.717) is 24.0 Å². The molecular weight excluding hydrogens is 284 g/mol. The molecule has 4 unspecified atom stereocenters. The fraction of sp³-hybridized carbons (Fsp3) is 0.600. The Morgan fingerprint density at radius 1 is 1.35 bits per heavy atom. The van der Waals surface area contributed by atoms with Crippen LogP contribution in [0.25, 0.3) is 0 Å². The molecule has 1 N–H and O–H groups in total. The van der Waals surface area contributed by atoms with Gasteiger partial charge in [-0.2, -0.15) is 0 Å². The number of benzene rings is 1. The van der Waals surface area contributed by atoms with E-state index in [1.807, 2.05) is 0 Å². The van der Waals surface area contributed by atoms with Crippen molar-refractivity contribution in [2.24, 2.45) is 11.8 Å². The van der Waals surface area contributed by atoms with Crippen molar-refractivity contribution in [3.05, 3.63) is 34.9 Å². The number of nitrogens with one attached hydrogen (secondary N) is 1. The van der Waals surface area contributed by atoms with Gasteiger partial charge in [0.1, 0.15) is 11.9 Å². The highest BCUT2D eigenvalue weighted by Crippen LogP contribution is 2.63. The molecule has 1 aromatic carbocycles. The molecule has 122 valence electrons. The third kappa shape index (κ3) is 1.46. The van der Waals surface area contributed by atoms with Gasteiger partial charge in [0.2, 0.25) is 0 Å². The number of likely N-dealkylation sites (tertiary alicyclic amines) is 1. The highest BCUT2D eigenvalue weighted by molar-refractivity contribution is 5.69. The van der Waals surface area contributed by atoms with Crippen molar-refractivity contribution < 1.29 is 4.74 Å². The highest BCUT2D eigenvalue weighted by atomic mass is 16.5. The molecule has 0 amide bonds. The molecular formula is C20H26N2O. The minimum Gasteiger partial charge on any atom is -0.488 e. The second-order valence-electron chi connectivity index (χ2n) is 8.02. The molecule has 4 aliphatic rings. The van der Waals surface area contributed by atoms with Gasteiger partial charge >= 0.3 is 0 Å². The smallest absolute Gasteiger partial charge is 0.127 e. The summed E-state index contributed by atoms with van der Waals surface area (Å²) in [4.78, 5) is 2.58. The zero-order valence-corrected chi connectivity index (χ0v) is 14.5. The summed E-state index contributed by atoms with van der Waals surface area (Å²) < 4.78 is 6.66. The number of likely N-dealkylation sites (N-methyl/N-ethyl adjacent to an activating group) is 1. The van der Waals surface area contributed by atoms with Crippen molar-refractivity contribution in [3.8, 4) is 5.75 Å². The standard InChI is InChI=1S/C20H26N2O/c1-11-5-6-14-16-10-13-15(21-3)9-12(2)18-17(13)20(14,19(11)23-18)7-8-22(16)4/h5-6,9,11,14,16,19,21H,7-8,10H2,1-4H3/t11-,14?,16?,19?,20?/m0/s1. The van der Waals surface area contributed by atoms with E-state index in [4.69, 9.17) is 4.74 Å². The van der Waals surface area contributed by atoms with Gasteiger partial charge < -0.3 is 15.0 Å². The molecule has 3 heteroatoms. The summed E-state index contributed by atoms with van der Waals surface area (Å²) >= 11 is 0. The molecule has 2 heterocycles. The monoisotopic (exact) mass is 310 g/mol. The van der Waals surface area contributed by atoms with Crippen LogP contribution < -0.4 is 10.1 Å². The van der Waals surface area contributed by atoms with Crippen LogP contribution in [0.3, 0.4) is 0 Å². The summed E-state index contributed by atoms with van der Waals surface area (Å²) in [5.41, 5.74) is 5.88. The molecule has 1 saturated heterocycles. The van der Waals surface area contributed by atoms with E-state index in [-0.39, 0.29) is 5.41 Å². The van der Waals surface area contributed by atoms with E-state index in [0.717, 1.165) is 6.42 Å². The van der Waals surface area contributed by atoms with Gasteiger partial charge in [-0.1, -0.05) is 19.1 Å². The summed E-state index contributed by atoms with van der Waals surface area (Å²) in [7, 11) is 4.35. The van der Waals surface area contributed by atoms with Gasteiger partial charge in [-0.15, -0.1) is 0 Å². The van der Waals surface area contributed by atoms with Crippen molar-refractivity contribution in [2.75, 3.05) is 26.0 Å². The maximum absolute atomic E-state index is 6.66. The van der Waals surface area contributed by atoms with Crippen LogP contribution in [-0.2, 0) is 11.8 Å².